The van der Waals surface area contributed by atoms with E-state index in [1.54, 1.807) is 31.4 Å². The molecule has 3 aromatic rings. The zero-order valence-electron chi connectivity index (χ0n) is 17.7. The summed E-state index contributed by atoms with van der Waals surface area (Å²) in [6.45, 7) is 0. The standard InChI is InChI=1S/C23H24N2O6S/c1-30-17-7-5-6-16(14-17)10-13-23(27)24-20-15-18(11-12-21(20)26)32(28,29)25-19-8-3-4-9-22(19)31-2/h3-9,11-12,14-15,25-26H,10,13H2,1-2H3,(H,24,27). The number of ether oxygens (including phenoxy) is 2. The van der Waals surface area contributed by atoms with Crippen LogP contribution >= 0.6 is 0 Å². The van der Waals surface area contributed by atoms with Crippen LogP contribution in [-0.4, -0.2) is 33.7 Å². The summed E-state index contributed by atoms with van der Waals surface area (Å²) in [5.74, 6) is 0.452. The molecule has 3 rings (SSSR count). The predicted molar refractivity (Wildman–Crippen MR) is 122 cm³/mol. The zero-order valence-corrected chi connectivity index (χ0v) is 18.5. The summed E-state index contributed by atoms with van der Waals surface area (Å²) in [4.78, 5) is 12.3. The SMILES string of the molecule is COc1cccc(CCC(=O)Nc2cc(S(=O)(=O)Nc3ccccc3OC)ccc2O)c1. The number of phenols is 1. The number of sulfonamides is 1. The van der Waals surface area contributed by atoms with Crippen LogP contribution in [-0.2, 0) is 21.2 Å². The average Bonchev–Trinajstić information content (AvgIpc) is 2.79. The van der Waals surface area contributed by atoms with E-state index in [9.17, 15) is 18.3 Å². The quantitative estimate of drug-likeness (QED) is 0.422. The first kappa shape index (κ1) is 23.0. The Bertz CT molecular complexity index is 1210. The molecule has 0 fully saturated rings. The fourth-order valence-corrected chi connectivity index (χ4v) is 4.11. The second-order valence-electron chi connectivity index (χ2n) is 6.88. The number of carbonyl (C=O) groups is 1. The van der Waals surface area contributed by atoms with Gasteiger partial charge in [-0.15, -0.1) is 0 Å². The summed E-state index contributed by atoms with van der Waals surface area (Å²) < 4.78 is 38.4. The summed E-state index contributed by atoms with van der Waals surface area (Å²) in [7, 11) is -0.985. The molecule has 0 heterocycles. The lowest BCUT2D eigenvalue weighted by Crippen LogP contribution is -2.16. The largest absolute Gasteiger partial charge is 0.506 e. The topological polar surface area (TPSA) is 114 Å². The maximum absolute atomic E-state index is 12.8. The summed E-state index contributed by atoms with van der Waals surface area (Å²) in [5.41, 5.74) is 1.19. The van der Waals surface area contributed by atoms with Crippen LogP contribution < -0.4 is 19.5 Å². The van der Waals surface area contributed by atoms with E-state index in [-0.39, 0.29) is 34.3 Å². The summed E-state index contributed by atoms with van der Waals surface area (Å²) >= 11 is 0. The number of hydrogen-bond acceptors (Lipinski definition) is 6. The number of hydrogen-bond donors (Lipinski definition) is 3. The maximum Gasteiger partial charge on any atom is 0.262 e. The molecule has 0 radical (unpaired) electrons. The first-order valence-electron chi connectivity index (χ1n) is 9.74. The van der Waals surface area contributed by atoms with Crippen molar-refractivity contribution in [1.29, 1.82) is 0 Å². The fourth-order valence-electron chi connectivity index (χ4n) is 3.01. The highest BCUT2D eigenvalue weighted by Gasteiger charge is 2.19. The van der Waals surface area contributed by atoms with E-state index in [0.29, 0.717) is 17.9 Å². The van der Waals surface area contributed by atoms with Gasteiger partial charge in [0.1, 0.15) is 17.2 Å². The molecule has 1 amide bonds. The number of nitrogens with one attached hydrogen (secondary N) is 2. The van der Waals surface area contributed by atoms with Crippen molar-refractivity contribution in [2.75, 3.05) is 24.3 Å². The predicted octanol–water partition coefficient (Wildman–Crippen LogP) is 3.78. The number of benzene rings is 3. The number of carbonyl (C=O) groups excluding carboxylic acids is 1. The van der Waals surface area contributed by atoms with Crippen molar-refractivity contribution in [3.63, 3.8) is 0 Å². The Hall–Kier alpha value is -3.72. The molecule has 0 atom stereocenters. The molecule has 0 spiro atoms. The maximum atomic E-state index is 12.8. The zero-order chi connectivity index (χ0) is 23.1. The molecule has 9 heteroatoms. The number of para-hydroxylation sites is 2. The highest BCUT2D eigenvalue weighted by Crippen LogP contribution is 2.30. The monoisotopic (exact) mass is 456 g/mol. The van der Waals surface area contributed by atoms with Crippen LogP contribution in [0.3, 0.4) is 0 Å². The Balaban J connectivity index is 1.72. The fraction of sp³-hybridized carbons (Fsp3) is 0.174. The van der Waals surface area contributed by atoms with Gasteiger partial charge in [-0.25, -0.2) is 8.42 Å². The van der Waals surface area contributed by atoms with Gasteiger partial charge in [0.2, 0.25) is 5.91 Å². The lowest BCUT2D eigenvalue weighted by molar-refractivity contribution is -0.116. The third-order valence-corrected chi connectivity index (χ3v) is 6.04. The van der Waals surface area contributed by atoms with Crippen LogP contribution in [0.5, 0.6) is 17.2 Å². The molecule has 0 aliphatic rings. The summed E-state index contributed by atoms with van der Waals surface area (Å²) in [5, 5.41) is 12.7. The Morgan fingerprint density at radius 2 is 1.72 bits per heavy atom. The number of amides is 1. The molecule has 0 aliphatic carbocycles. The molecule has 0 unspecified atom stereocenters. The van der Waals surface area contributed by atoms with Crippen LogP contribution in [0.2, 0.25) is 0 Å². The molecular weight excluding hydrogens is 432 g/mol. The minimum Gasteiger partial charge on any atom is -0.506 e. The smallest absolute Gasteiger partial charge is 0.262 e. The van der Waals surface area contributed by atoms with Crippen molar-refractivity contribution in [2.24, 2.45) is 0 Å². The van der Waals surface area contributed by atoms with Crippen molar-refractivity contribution in [1.82, 2.24) is 0 Å². The lowest BCUT2D eigenvalue weighted by Gasteiger charge is -2.13. The normalized spacial score (nSPS) is 10.9. The Labute approximate surface area is 186 Å². The summed E-state index contributed by atoms with van der Waals surface area (Å²) in [6, 6.07) is 17.6. The Morgan fingerprint density at radius 3 is 2.47 bits per heavy atom. The van der Waals surface area contributed by atoms with Gasteiger partial charge >= 0.3 is 0 Å². The van der Waals surface area contributed by atoms with Gasteiger partial charge in [-0.05, 0) is 54.4 Å². The number of rotatable bonds is 9. The molecule has 0 saturated carbocycles. The first-order chi connectivity index (χ1) is 15.3. The Kier molecular flexibility index (Phi) is 7.21. The number of aromatic hydroxyl groups is 1. The first-order valence-corrected chi connectivity index (χ1v) is 11.2. The van der Waals surface area contributed by atoms with Gasteiger partial charge in [0.15, 0.2) is 0 Å². The molecule has 0 aliphatic heterocycles. The molecule has 8 nitrogen and oxygen atoms in total. The second-order valence-corrected chi connectivity index (χ2v) is 8.57. The van der Waals surface area contributed by atoms with Gasteiger partial charge < -0.3 is 19.9 Å². The second kappa shape index (κ2) is 10.1. The van der Waals surface area contributed by atoms with Crippen molar-refractivity contribution in [3.05, 3.63) is 72.3 Å². The van der Waals surface area contributed by atoms with Crippen molar-refractivity contribution in [2.45, 2.75) is 17.7 Å². The van der Waals surface area contributed by atoms with Crippen LogP contribution in [0.1, 0.15) is 12.0 Å². The van der Waals surface area contributed by atoms with Gasteiger partial charge in [0, 0.05) is 6.42 Å². The molecule has 168 valence electrons. The Morgan fingerprint density at radius 1 is 0.938 bits per heavy atom. The van der Waals surface area contributed by atoms with E-state index in [4.69, 9.17) is 9.47 Å². The van der Waals surface area contributed by atoms with Crippen molar-refractivity contribution >= 4 is 27.3 Å². The molecule has 3 N–H and O–H groups in total. The lowest BCUT2D eigenvalue weighted by atomic mass is 10.1. The number of aryl methyl sites for hydroxylation is 1. The van der Waals surface area contributed by atoms with Gasteiger partial charge in [-0.1, -0.05) is 24.3 Å². The van der Waals surface area contributed by atoms with E-state index in [0.717, 1.165) is 5.56 Å². The van der Waals surface area contributed by atoms with Gasteiger partial charge in [0.05, 0.1) is 30.5 Å². The van der Waals surface area contributed by atoms with E-state index in [1.807, 2.05) is 24.3 Å². The van der Waals surface area contributed by atoms with E-state index < -0.39 is 10.0 Å². The summed E-state index contributed by atoms with van der Waals surface area (Å²) in [6.07, 6.45) is 0.597. The molecule has 32 heavy (non-hydrogen) atoms. The highest BCUT2D eigenvalue weighted by molar-refractivity contribution is 7.92. The van der Waals surface area contributed by atoms with E-state index in [2.05, 4.69) is 10.0 Å². The van der Waals surface area contributed by atoms with Crippen molar-refractivity contribution in [3.8, 4) is 17.2 Å². The van der Waals surface area contributed by atoms with Gasteiger partial charge in [-0.3, -0.25) is 9.52 Å². The van der Waals surface area contributed by atoms with Crippen LogP contribution in [0.25, 0.3) is 0 Å². The minimum atomic E-state index is -3.99. The van der Waals surface area contributed by atoms with Crippen molar-refractivity contribution < 1.29 is 27.8 Å². The molecule has 0 saturated heterocycles. The van der Waals surface area contributed by atoms with Gasteiger partial charge in [-0.2, -0.15) is 0 Å². The molecule has 0 aromatic heterocycles. The highest BCUT2D eigenvalue weighted by atomic mass is 32.2. The van der Waals surface area contributed by atoms with Crippen LogP contribution in [0.15, 0.2) is 71.6 Å². The number of phenolic OH excluding ortho intramolecular Hbond substituents is 1. The molecule has 0 bridgehead atoms. The third-order valence-electron chi connectivity index (χ3n) is 4.68. The number of anilines is 2. The van der Waals surface area contributed by atoms with Crippen LogP contribution in [0, 0.1) is 0 Å². The van der Waals surface area contributed by atoms with Crippen LogP contribution in [0.4, 0.5) is 11.4 Å². The number of methoxy groups -OCH3 is 2. The molecular formula is C23H24N2O6S. The van der Waals surface area contributed by atoms with E-state index in [1.165, 1.54) is 25.3 Å². The minimum absolute atomic E-state index is 0.00328. The van der Waals surface area contributed by atoms with E-state index >= 15 is 0 Å². The average molecular weight is 457 g/mol. The third kappa shape index (κ3) is 5.70. The molecule has 3 aromatic carbocycles. The van der Waals surface area contributed by atoms with Gasteiger partial charge in [0.25, 0.3) is 10.0 Å².